The zero-order valence-electron chi connectivity index (χ0n) is 17.6. The summed E-state index contributed by atoms with van der Waals surface area (Å²) in [6, 6.07) is 2.92. The van der Waals surface area contributed by atoms with Gasteiger partial charge in [0, 0.05) is 57.7 Å². The number of rotatable bonds is 5. The van der Waals surface area contributed by atoms with E-state index in [1.54, 1.807) is 14.0 Å². The van der Waals surface area contributed by atoms with Gasteiger partial charge in [-0.05, 0) is 19.9 Å². The molecular formula is C21H25F2N3O5. The molecule has 0 saturated heterocycles. The van der Waals surface area contributed by atoms with E-state index in [1.807, 2.05) is 6.92 Å². The van der Waals surface area contributed by atoms with E-state index in [2.05, 4.69) is 10.1 Å². The number of methoxy groups -OCH3 is 1. The molecule has 3 rings (SSSR count). The van der Waals surface area contributed by atoms with Crippen molar-refractivity contribution in [3.63, 3.8) is 0 Å². The second-order valence-electron chi connectivity index (χ2n) is 6.64. The third-order valence-electron chi connectivity index (χ3n) is 4.73. The molecule has 0 atom stereocenters. The van der Waals surface area contributed by atoms with Crippen LogP contribution in [0.25, 0.3) is 0 Å². The maximum Gasteiger partial charge on any atom is 0.274 e. The average Bonchev–Trinajstić information content (AvgIpc) is 2.75. The molecule has 31 heavy (non-hydrogen) atoms. The van der Waals surface area contributed by atoms with Crippen LogP contribution in [0, 0.1) is 11.6 Å². The minimum atomic E-state index is -0.982. The monoisotopic (exact) mass is 437 g/mol. The first kappa shape index (κ1) is 24.0. The Morgan fingerprint density at radius 1 is 1.23 bits per heavy atom. The van der Waals surface area contributed by atoms with E-state index in [-0.39, 0.29) is 23.4 Å². The molecule has 0 radical (unpaired) electrons. The van der Waals surface area contributed by atoms with Crippen LogP contribution in [-0.4, -0.2) is 53.2 Å². The van der Waals surface area contributed by atoms with Crippen LogP contribution in [0.5, 0.6) is 5.75 Å². The first-order valence-corrected chi connectivity index (χ1v) is 9.71. The van der Waals surface area contributed by atoms with Gasteiger partial charge in [0.25, 0.3) is 11.8 Å². The predicted molar refractivity (Wildman–Crippen MR) is 109 cm³/mol. The molecule has 2 heterocycles. The number of ether oxygens (including phenoxy) is 1. The maximum atomic E-state index is 13.6. The molecule has 0 aliphatic carbocycles. The van der Waals surface area contributed by atoms with Crippen molar-refractivity contribution in [2.24, 2.45) is 0 Å². The highest BCUT2D eigenvalue weighted by Crippen LogP contribution is 2.20. The van der Waals surface area contributed by atoms with Crippen LogP contribution in [0.15, 0.2) is 29.2 Å². The molecule has 2 N–H and O–H groups in total. The first-order chi connectivity index (χ1) is 14.7. The minimum absolute atomic E-state index is 0.0424. The van der Waals surface area contributed by atoms with E-state index in [1.165, 1.54) is 21.7 Å². The number of hydrogen-bond donors (Lipinski definition) is 2. The van der Waals surface area contributed by atoms with Crippen LogP contribution in [0.2, 0.25) is 0 Å². The van der Waals surface area contributed by atoms with Gasteiger partial charge < -0.3 is 24.6 Å². The van der Waals surface area contributed by atoms with Gasteiger partial charge in [-0.2, -0.15) is 0 Å². The normalized spacial score (nSPS) is 12.7. The van der Waals surface area contributed by atoms with Crippen LogP contribution in [-0.2, 0) is 17.8 Å². The van der Waals surface area contributed by atoms with Gasteiger partial charge in [0.1, 0.15) is 17.2 Å². The van der Waals surface area contributed by atoms with E-state index in [9.17, 15) is 28.3 Å². The predicted octanol–water partition coefficient (Wildman–Crippen LogP) is 1.89. The van der Waals surface area contributed by atoms with Crippen LogP contribution in [0.3, 0.4) is 0 Å². The van der Waals surface area contributed by atoms with Crippen molar-refractivity contribution in [2.45, 2.75) is 26.9 Å². The van der Waals surface area contributed by atoms with E-state index in [0.717, 1.165) is 12.7 Å². The van der Waals surface area contributed by atoms with Crippen molar-refractivity contribution in [1.29, 1.82) is 0 Å². The molecular weight excluding hydrogens is 412 g/mol. The maximum absolute atomic E-state index is 13.6. The SMILES string of the molecule is CCN1CCn2cc(C(=O)NCc3ccc(F)cc3F)c(=O)c(O)c2C1=O.CCOC. The lowest BCUT2D eigenvalue weighted by Crippen LogP contribution is -2.42. The number of nitrogens with zero attached hydrogens (tertiary/aromatic N) is 2. The summed E-state index contributed by atoms with van der Waals surface area (Å²) in [4.78, 5) is 38.4. The number of likely N-dealkylation sites (N-methyl/N-ethyl adjacent to an activating group) is 1. The van der Waals surface area contributed by atoms with Crippen LogP contribution < -0.4 is 10.7 Å². The highest BCUT2D eigenvalue weighted by atomic mass is 19.1. The van der Waals surface area contributed by atoms with Crippen molar-refractivity contribution in [3.05, 3.63) is 63.1 Å². The van der Waals surface area contributed by atoms with Gasteiger partial charge >= 0.3 is 0 Å². The van der Waals surface area contributed by atoms with Crippen molar-refractivity contribution >= 4 is 11.8 Å². The van der Waals surface area contributed by atoms with Gasteiger partial charge in [0.2, 0.25) is 5.43 Å². The van der Waals surface area contributed by atoms with E-state index in [0.29, 0.717) is 25.7 Å². The molecule has 0 bridgehead atoms. The second kappa shape index (κ2) is 10.7. The Morgan fingerprint density at radius 3 is 2.48 bits per heavy atom. The van der Waals surface area contributed by atoms with E-state index >= 15 is 0 Å². The summed E-state index contributed by atoms with van der Waals surface area (Å²) in [6.07, 6.45) is 1.21. The zero-order valence-corrected chi connectivity index (χ0v) is 17.6. The molecule has 1 aliphatic rings. The lowest BCUT2D eigenvalue weighted by Gasteiger charge is -2.29. The van der Waals surface area contributed by atoms with E-state index < -0.39 is 34.6 Å². The quantitative estimate of drug-likeness (QED) is 0.744. The largest absolute Gasteiger partial charge is 0.503 e. The number of aromatic hydroxyl groups is 1. The fraction of sp³-hybridized carbons (Fsp3) is 0.381. The molecule has 0 fully saturated rings. The third-order valence-corrected chi connectivity index (χ3v) is 4.73. The molecule has 2 amide bonds. The lowest BCUT2D eigenvalue weighted by atomic mass is 10.1. The number of amides is 2. The number of benzene rings is 1. The number of hydrogen-bond acceptors (Lipinski definition) is 5. The summed E-state index contributed by atoms with van der Waals surface area (Å²) in [7, 11) is 1.68. The summed E-state index contributed by atoms with van der Waals surface area (Å²) in [6.45, 7) is 5.41. The number of pyridine rings is 1. The topological polar surface area (TPSA) is 101 Å². The number of halogens is 2. The van der Waals surface area contributed by atoms with Gasteiger partial charge in [0.15, 0.2) is 11.4 Å². The number of fused-ring (bicyclic) bond motifs is 1. The van der Waals surface area contributed by atoms with Crippen molar-refractivity contribution in [3.8, 4) is 5.75 Å². The van der Waals surface area contributed by atoms with Crippen molar-refractivity contribution in [2.75, 3.05) is 26.8 Å². The summed E-state index contributed by atoms with van der Waals surface area (Å²) in [5, 5.41) is 12.5. The smallest absolute Gasteiger partial charge is 0.274 e. The number of nitrogens with one attached hydrogen (secondary N) is 1. The Labute approximate surface area is 178 Å². The van der Waals surface area contributed by atoms with Crippen LogP contribution in [0.4, 0.5) is 8.78 Å². The summed E-state index contributed by atoms with van der Waals surface area (Å²) in [5.41, 5.74) is -1.46. The lowest BCUT2D eigenvalue weighted by molar-refractivity contribution is 0.0705. The summed E-state index contributed by atoms with van der Waals surface area (Å²) >= 11 is 0. The van der Waals surface area contributed by atoms with Crippen molar-refractivity contribution < 1.29 is 28.2 Å². The van der Waals surface area contributed by atoms with Gasteiger partial charge in [-0.15, -0.1) is 0 Å². The summed E-state index contributed by atoms with van der Waals surface area (Å²) < 4.78 is 32.5. The zero-order chi connectivity index (χ0) is 23.1. The Balaban J connectivity index is 0.000000785. The molecule has 10 heteroatoms. The van der Waals surface area contributed by atoms with Gasteiger partial charge in [0.05, 0.1) is 0 Å². The molecule has 0 spiro atoms. The highest BCUT2D eigenvalue weighted by Gasteiger charge is 2.29. The number of carbonyl (C=O) groups excluding carboxylic acids is 2. The second-order valence-corrected chi connectivity index (χ2v) is 6.64. The van der Waals surface area contributed by atoms with Crippen molar-refractivity contribution in [1.82, 2.24) is 14.8 Å². The molecule has 0 saturated carbocycles. The fourth-order valence-electron chi connectivity index (χ4n) is 2.93. The Hall–Kier alpha value is -3.27. The van der Waals surface area contributed by atoms with Crippen LogP contribution >= 0.6 is 0 Å². The molecule has 1 aromatic heterocycles. The number of carbonyl (C=O) groups is 2. The minimum Gasteiger partial charge on any atom is -0.503 e. The fourth-order valence-corrected chi connectivity index (χ4v) is 2.93. The molecule has 0 unspecified atom stereocenters. The summed E-state index contributed by atoms with van der Waals surface area (Å²) in [5.74, 6) is -3.69. The number of aromatic nitrogens is 1. The standard InChI is InChI=1S/C18H17F2N3O4.C3H8O/c1-2-22-5-6-23-9-12(15(24)16(25)14(23)18(22)27)17(26)21-8-10-3-4-11(19)7-13(10)20;1-3-4-2/h3-4,7,9,25H,2,5-6,8H2,1H3,(H,21,26);3H2,1-2H3. The molecule has 1 aliphatic heterocycles. The van der Waals surface area contributed by atoms with Gasteiger partial charge in [-0.1, -0.05) is 6.07 Å². The Morgan fingerprint density at radius 2 is 1.90 bits per heavy atom. The molecule has 1 aromatic carbocycles. The molecule has 2 aromatic rings. The molecule has 168 valence electrons. The third kappa shape index (κ3) is 5.46. The van der Waals surface area contributed by atoms with Crippen LogP contribution in [0.1, 0.15) is 40.3 Å². The van der Waals surface area contributed by atoms with Gasteiger partial charge in [-0.25, -0.2) is 8.78 Å². The van der Waals surface area contributed by atoms with Gasteiger partial charge in [-0.3, -0.25) is 14.4 Å². The first-order valence-electron chi connectivity index (χ1n) is 9.71. The average molecular weight is 437 g/mol. The van der Waals surface area contributed by atoms with E-state index in [4.69, 9.17) is 0 Å². The Kier molecular flexibility index (Phi) is 8.26. The molecule has 8 nitrogen and oxygen atoms in total. The Bertz CT molecular complexity index is 1020. The highest BCUT2D eigenvalue weighted by molar-refractivity contribution is 5.99.